The number of hydrogen-bond donors (Lipinski definition) is 1. The van der Waals surface area contributed by atoms with Gasteiger partial charge in [-0.15, -0.1) is 0 Å². The first-order chi connectivity index (χ1) is 7.61. The van der Waals surface area contributed by atoms with Crippen molar-refractivity contribution in [2.45, 2.75) is 0 Å². The van der Waals surface area contributed by atoms with Gasteiger partial charge in [0.1, 0.15) is 5.69 Å². The normalized spacial score (nSPS) is 10.4. The molecule has 0 bridgehead atoms. The lowest BCUT2D eigenvalue weighted by Crippen LogP contribution is -1.90. The Hall–Kier alpha value is -1.56. The summed E-state index contributed by atoms with van der Waals surface area (Å²) >= 11 is 3.10. The highest BCUT2D eigenvalue weighted by Crippen LogP contribution is 2.32. The number of anilines is 1. The van der Waals surface area contributed by atoms with Crippen molar-refractivity contribution in [2.24, 2.45) is 0 Å². The van der Waals surface area contributed by atoms with E-state index in [0.29, 0.717) is 15.7 Å². The van der Waals surface area contributed by atoms with Gasteiger partial charge in [0.25, 0.3) is 0 Å². The van der Waals surface area contributed by atoms with Gasteiger partial charge in [-0.3, -0.25) is 0 Å². The summed E-state index contributed by atoms with van der Waals surface area (Å²) in [5.74, 6) is -0.122. The van der Waals surface area contributed by atoms with Crippen LogP contribution >= 0.6 is 15.9 Å². The van der Waals surface area contributed by atoms with Gasteiger partial charge in [0, 0.05) is 11.6 Å². The number of benzene rings is 1. The maximum absolute atomic E-state index is 13.5. The lowest BCUT2D eigenvalue weighted by molar-refractivity contribution is 0.385. The average Bonchev–Trinajstić information content (AvgIpc) is 2.69. The summed E-state index contributed by atoms with van der Waals surface area (Å²) in [6, 6.07) is 4.66. The summed E-state index contributed by atoms with van der Waals surface area (Å²) < 4.78 is 23.4. The van der Waals surface area contributed by atoms with E-state index >= 15 is 0 Å². The molecule has 84 valence electrons. The van der Waals surface area contributed by atoms with Crippen LogP contribution in [0.5, 0.6) is 5.75 Å². The van der Waals surface area contributed by atoms with Crippen LogP contribution in [0, 0.1) is 5.82 Å². The fraction of sp³-hybridized carbons (Fsp3) is 0.100. The standard InChI is InChI=1S/C10H8BrFN2O2/c1-15-8-3-5(2-6(11)10(8)12)7-4-9(13)16-14-7/h2-4H,13H2,1H3. The Morgan fingerprint density at radius 3 is 2.75 bits per heavy atom. The van der Waals surface area contributed by atoms with E-state index in [0.717, 1.165) is 0 Å². The van der Waals surface area contributed by atoms with E-state index in [4.69, 9.17) is 15.0 Å². The number of rotatable bonds is 2. The Morgan fingerprint density at radius 2 is 2.19 bits per heavy atom. The molecule has 0 saturated heterocycles. The van der Waals surface area contributed by atoms with Gasteiger partial charge < -0.3 is 15.0 Å². The zero-order valence-corrected chi connectivity index (χ0v) is 9.92. The smallest absolute Gasteiger partial charge is 0.222 e. The van der Waals surface area contributed by atoms with Crippen LogP contribution in [0.4, 0.5) is 10.3 Å². The van der Waals surface area contributed by atoms with Gasteiger partial charge in [-0.2, -0.15) is 0 Å². The molecule has 1 heterocycles. The van der Waals surface area contributed by atoms with Crippen LogP contribution in [0.25, 0.3) is 11.3 Å². The molecule has 0 radical (unpaired) electrons. The topological polar surface area (TPSA) is 61.3 Å². The molecule has 2 N–H and O–H groups in total. The highest BCUT2D eigenvalue weighted by Gasteiger charge is 2.12. The lowest BCUT2D eigenvalue weighted by Gasteiger charge is -2.05. The fourth-order valence-corrected chi connectivity index (χ4v) is 1.73. The first-order valence-electron chi connectivity index (χ1n) is 4.37. The number of nitrogens with zero attached hydrogens (tertiary/aromatic N) is 1. The highest BCUT2D eigenvalue weighted by molar-refractivity contribution is 9.10. The summed E-state index contributed by atoms with van der Waals surface area (Å²) in [5.41, 5.74) is 6.59. The second-order valence-electron chi connectivity index (χ2n) is 3.09. The summed E-state index contributed by atoms with van der Waals surface area (Å²) in [6.45, 7) is 0. The van der Waals surface area contributed by atoms with Gasteiger partial charge in [0.05, 0.1) is 11.6 Å². The molecule has 0 spiro atoms. The summed E-state index contributed by atoms with van der Waals surface area (Å²) in [5, 5.41) is 3.73. The first-order valence-corrected chi connectivity index (χ1v) is 5.16. The van der Waals surface area contributed by atoms with E-state index in [2.05, 4.69) is 21.1 Å². The minimum atomic E-state index is -0.456. The number of aromatic nitrogens is 1. The SMILES string of the molecule is COc1cc(-c2cc(N)on2)cc(Br)c1F. The van der Waals surface area contributed by atoms with Crippen molar-refractivity contribution in [3.63, 3.8) is 0 Å². The van der Waals surface area contributed by atoms with Crippen molar-refractivity contribution < 1.29 is 13.7 Å². The number of hydrogen-bond acceptors (Lipinski definition) is 4. The van der Waals surface area contributed by atoms with Crippen LogP contribution in [0.15, 0.2) is 27.2 Å². The van der Waals surface area contributed by atoms with Crippen molar-refractivity contribution in [2.75, 3.05) is 12.8 Å². The van der Waals surface area contributed by atoms with Crippen LogP contribution in [-0.4, -0.2) is 12.3 Å². The molecule has 6 heteroatoms. The molecule has 4 nitrogen and oxygen atoms in total. The maximum atomic E-state index is 13.5. The van der Waals surface area contributed by atoms with Gasteiger partial charge in [-0.1, -0.05) is 5.16 Å². The summed E-state index contributed by atoms with van der Waals surface area (Å²) in [6.07, 6.45) is 0. The molecular formula is C10H8BrFN2O2. The summed E-state index contributed by atoms with van der Waals surface area (Å²) in [7, 11) is 1.39. The van der Waals surface area contributed by atoms with E-state index in [1.54, 1.807) is 12.1 Å². The molecule has 0 aliphatic heterocycles. The van der Waals surface area contributed by atoms with E-state index in [-0.39, 0.29) is 11.6 Å². The zero-order valence-electron chi connectivity index (χ0n) is 8.33. The number of ether oxygens (including phenoxy) is 1. The number of nitrogen functional groups attached to an aromatic ring is 1. The van der Waals surface area contributed by atoms with Gasteiger partial charge in [-0.05, 0) is 28.1 Å². The maximum Gasteiger partial charge on any atom is 0.222 e. The molecule has 0 atom stereocenters. The van der Waals surface area contributed by atoms with Crippen molar-refractivity contribution >= 4 is 21.8 Å². The minimum Gasteiger partial charge on any atom is -0.494 e. The zero-order chi connectivity index (χ0) is 11.7. The van der Waals surface area contributed by atoms with E-state index in [1.807, 2.05) is 0 Å². The quantitative estimate of drug-likeness (QED) is 0.922. The third kappa shape index (κ3) is 1.88. The molecule has 0 aliphatic carbocycles. The summed E-state index contributed by atoms with van der Waals surface area (Å²) in [4.78, 5) is 0. The Bertz CT molecular complexity index is 528. The minimum absolute atomic E-state index is 0.131. The van der Waals surface area contributed by atoms with Gasteiger partial charge in [0.15, 0.2) is 11.6 Å². The molecule has 0 fully saturated rings. The molecule has 0 saturated carbocycles. The molecule has 1 aromatic carbocycles. The largest absolute Gasteiger partial charge is 0.494 e. The Morgan fingerprint density at radius 1 is 1.44 bits per heavy atom. The number of nitrogens with two attached hydrogens (primary N) is 1. The van der Waals surface area contributed by atoms with Crippen molar-refractivity contribution in [3.05, 3.63) is 28.5 Å². The predicted octanol–water partition coefficient (Wildman–Crippen LogP) is 2.83. The van der Waals surface area contributed by atoms with Crippen molar-refractivity contribution in [1.82, 2.24) is 5.16 Å². The third-order valence-electron chi connectivity index (χ3n) is 2.04. The lowest BCUT2D eigenvalue weighted by atomic mass is 10.1. The molecule has 0 unspecified atom stereocenters. The molecule has 16 heavy (non-hydrogen) atoms. The molecule has 0 aliphatic rings. The molecule has 0 amide bonds. The van der Waals surface area contributed by atoms with Crippen LogP contribution in [0.1, 0.15) is 0 Å². The molecule has 2 rings (SSSR count). The van der Waals surface area contributed by atoms with E-state index < -0.39 is 5.82 Å². The van der Waals surface area contributed by atoms with Crippen LogP contribution in [0.2, 0.25) is 0 Å². The predicted molar refractivity (Wildman–Crippen MR) is 60.6 cm³/mol. The van der Waals surface area contributed by atoms with Crippen LogP contribution in [0.3, 0.4) is 0 Å². The van der Waals surface area contributed by atoms with Crippen molar-refractivity contribution in [3.8, 4) is 17.0 Å². The van der Waals surface area contributed by atoms with E-state index in [1.165, 1.54) is 13.2 Å². The Balaban J connectivity index is 2.54. The monoisotopic (exact) mass is 286 g/mol. The highest BCUT2D eigenvalue weighted by atomic mass is 79.9. The molecule has 1 aromatic heterocycles. The van der Waals surface area contributed by atoms with E-state index in [9.17, 15) is 4.39 Å². The van der Waals surface area contributed by atoms with Crippen molar-refractivity contribution in [1.29, 1.82) is 0 Å². The average molecular weight is 287 g/mol. The van der Waals surface area contributed by atoms with Gasteiger partial charge in [-0.25, -0.2) is 4.39 Å². The molecular weight excluding hydrogens is 279 g/mol. The third-order valence-corrected chi connectivity index (χ3v) is 2.62. The Labute approximate surface area is 99.3 Å². The fourth-order valence-electron chi connectivity index (χ4n) is 1.29. The number of methoxy groups -OCH3 is 1. The van der Waals surface area contributed by atoms with Gasteiger partial charge in [0.2, 0.25) is 5.88 Å². The Kier molecular flexibility index (Phi) is 2.82. The van der Waals surface area contributed by atoms with Crippen LogP contribution in [-0.2, 0) is 0 Å². The van der Waals surface area contributed by atoms with Gasteiger partial charge >= 0.3 is 0 Å². The molecule has 2 aromatic rings. The second kappa shape index (κ2) is 4.13. The van der Waals surface area contributed by atoms with Crippen LogP contribution < -0.4 is 10.5 Å². The second-order valence-corrected chi connectivity index (χ2v) is 3.94. The number of halogens is 2. The first kappa shape index (κ1) is 10.9.